The van der Waals surface area contributed by atoms with Crippen LogP contribution in [-0.4, -0.2) is 69.5 Å². The molecule has 0 aromatic heterocycles. The van der Waals surface area contributed by atoms with Gasteiger partial charge in [0, 0.05) is 31.1 Å². The van der Waals surface area contributed by atoms with Crippen molar-refractivity contribution in [1.82, 2.24) is 25.1 Å². The number of benzene rings is 3. The fourth-order valence-electron chi connectivity index (χ4n) is 5.68. The smallest absolute Gasteiger partial charge is 0.332 e. The highest BCUT2D eigenvalue weighted by atomic mass is 35.5. The van der Waals surface area contributed by atoms with Crippen molar-refractivity contribution in [3.63, 3.8) is 0 Å². The molecule has 9 heteroatoms. The average Bonchev–Trinajstić information content (AvgIpc) is 3.33. The van der Waals surface area contributed by atoms with E-state index in [-0.39, 0.29) is 30.9 Å². The van der Waals surface area contributed by atoms with Crippen LogP contribution in [-0.2, 0) is 29.1 Å². The van der Waals surface area contributed by atoms with Crippen molar-refractivity contribution in [3.05, 3.63) is 113 Å². The second-order valence-electron chi connectivity index (χ2n) is 10.6. The number of carbonyl (C=O) groups is 3. The summed E-state index contributed by atoms with van der Waals surface area (Å²) in [5.41, 5.74) is 3.65. The summed E-state index contributed by atoms with van der Waals surface area (Å²) in [6.45, 7) is 7.17. The number of urea groups is 1. The van der Waals surface area contributed by atoms with E-state index >= 15 is 0 Å². The van der Waals surface area contributed by atoms with Crippen molar-refractivity contribution >= 4 is 35.5 Å². The minimum absolute atomic E-state index is 0.0185. The summed E-state index contributed by atoms with van der Waals surface area (Å²) in [6.07, 6.45) is 2.31. The zero-order valence-corrected chi connectivity index (χ0v) is 24.5. The van der Waals surface area contributed by atoms with Gasteiger partial charge in [-0.05, 0) is 34.7 Å². The molecular weight excluding hydrogens is 550 g/mol. The summed E-state index contributed by atoms with van der Waals surface area (Å²) in [7, 11) is 0. The molecule has 4 amide bonds. The number of rotatable bonds is 10. The number of piperazine rings is 1. The molecule has 2 aliphatic rings. The number of hydrazine groups is 1. The van der Waals surface area contributed by atoms with E-state index in [4.69, 9.17) is 11.6 Å². The van der Waals surface area contributed by atoms with Gasteiger partial charge in [0.2, 0.25) is 11.8 Å². The molecule has 8 nitrogen and oxygen atoms in total. The summed E-state index contributed by atoms with van der Waals surface area (Å²) < 4.78 is 0. The highest BCUT2D eigenvalue weighted by molar-refractivity contribution is 6.31. The Morgan fingerprint density at radius 1 is 1.05 bits per heavy atom. The number of fused-ring (bicyclic) bond motifs is 1. The third kappa shape index (κ3) is 6.35. The quantitative estimate of drug-likeness (QED) is 0.366. The van der Waals surface area contributed by atoms with Crippen LogP contribution >= 0.6 is 11.6 Å². The van der Waals surface area contributed by atoms with Crippen LogP contribution in [0, 0.1) is 0 Å². The van der Waals surface area contributed by atoms with E-state index in [2.05, 4.69) is 11.9 Å². The molecule has 0 unspecified atom stereocenters. The molecule has 2 heterocycles. The summed E-state index contributed by atoms with van der Waals surface area (Å²) in [4.78, 5) is 44.6. The van der Waals surface area contributed by atoms with Crippen LogP contribution in [0.5, 0.6) is 0 Å². The van der Waals surface area contributed by atoms with Crippen molar-refractivity contribution in [1.29, 1.82) is 0 Å². The molecule has 1 N–H and O–H groups in total. The van der Waals surface area contributed by atoms with Gasteiger partial charge in [0.1, 0.15) is 12.2 Å². The summed E-state index contributed by atoms with van der Waals surface area (Å²) >= 11 is 6.60. The van der Waals surface area contributed by atoms with Crippen LogP contribution in [0.3, 0.4) is 0 Å². The third-order valence-electron chi connectivity index (χ3n) is 7.78. The minimum Gasteiger partial charge on any atom is -0.333 e. The Bertz CT molecular complexity index is 1430. The van der Waals surface area contributed by atoms with Gasteiger partial charge in [-0.2, -0.15) is 5.01 Å². The topological polar surface area (TPSA) is 76.2 Å². The predicted octanol–water partition coefficient (Wildman–Crippen LogP) is 4.94. The SMILES string of the molecule is C=Cc1ccc(CN2C[C@H]3N(C(=O)CN3N(CCC)C(=O)NCc3ccccc3)[C@@H](Cc3ccccc3)C2=O)c(Cl)c1. The molecule has 2 fully saturated rings. The van der Waals surface area contributed by atoms with Gasteiger partial charge in [0.25, 0.3) is 0 Å². The molecule has 0 aliphatic carbocycles. The van der Waals surface area contributed by atoms with Crippen LogP contribution in [0.25, 0.3) is 6.08 Å². The van der Waals surface area contributed by atoms with E-state index in [0.717, 1.165) is 22.3 Å². The molecule has 42 heavy (non-hydrogen) atoms. The lowest BCUT2D eigenvalue weighted by molar-refractivity contribution is -0.157. The number of nitrogens with zero attached hydrogens (tertiary/aromatic N) is 4. The largest absolute Gasteiger partial charge is 0.333 e. The number of hydrogen-bond acceptors (Lipinski definition) is 4. The van der Waals surface area contributed by atoms with Gasteiger partial charge < -0.3 is 15.1 Å². The normalized spacial score (nSPS) is 18.6. The van der Waals surface area contributed by atoms with Gasteiger partial charge in [-0.1, -0.05) is 104 Å². The molecule has 218 valence electrons. The number of hydrogen-bond donors (Lipinski definition) is 1. The zero-order chi connectivity index (χ0) is 29.6. The molecule has 2 atom stereocenters. The van der Waals surface area contributed by atoms with E-state index < -0.39 is 12.2 Å². The van der Waals surface area contributed by atoms with E-state index in [1.54, 1.807) is 20.9 Å². The highest BCUT2D eigenvalue weighted by Gasteiger charge is 2.52. The summed E-state index contributed by atoms with van der Waals surface area (Å²) in [6, 6.07) is 24.1. The van der Waals surface area contributed by atoms with Crippen molar-refractivity contribution in [2.45, 2.75) is 45.1 Å². The molecule has 2 aliphatic heterocycles. The van der Waals surface area contributed by atoms with Crippen molar-refractivity contribution < 1.29 is 14.4 Å². The number of nitrogens with one attached hydrogen (secondary N) is 1. The highest BCUT2D eigenvalue weighted by Crippen LogP contribution is 2.31. The Kier molecular flexibility index (Phi) is 9.25. The maximum atomic E-state index is 14.0. The minimum atomic E-state index is -0.703. The Labute approximate surface area is 252 Å². The molecule has 0 saturated carbocycles. The fraction of sp³-hybridized carbons (Fsp3) is 0.303. The van der Waals surface area contributed by atoms with Crippen molar-refractivity contribution in [3.8, 4) is 0 Å². The van der Waals surface area contributed by atoms with E-state index in [0.29, 0.717) is 37.5 Å². The Hall–Kier alpha value is -4.14. The van der Waals surface area contributed by atoms with Crippen LogP contribution in [0.4, 0.5) is 4.79 Å². The standard InChI is InChI=1S/C33H36ClN5O3/c1-3-17-37(33(42)35-20-26-13-9-6-10-14-26)38-23-31(40)39-29(19-25-11-7-5-8-12-25)32(41)36(22-30(38)39)21-27-16-15-24(4-2)18-28(27)34/h4-16,18,29-30H,2-3,17,19-23H2,1H3,(H,35,42)/t29-,30+/m0/s1. The van der Waals surface area contributed by atoms with Gasteiger partial charge in [0.15, 0.2) is 0 Å². The second-order valence-corrected chi connectivity index (χ2v) is 11.0. The fourth-order valence-corrected chi connectivity index (χ4v) is 5.92. The number of carbonyl (C=O) groups excluding carboxylic acids is 3. The summed E-state index contributed by atoms with van der Waals surface area (Å²) in [5, 5.41) is 7.02. The van der Waals surface area contributed by atoms with Crippen LogP contribution in [0.15, 0.2) is 85.4 Å². The summed E-state index contributed by atoms with van der Waals surface area (Å²) in [5.74, 6) is -0.302. The lowest BCUT2D eigenvalue weighted by Gasteiger charge is -2.46. The van der Waals surface area contributed by atoms with Crippen LogP contribution in [0.2, 0.25) is 5.02 Å². The first kappa shape index (κ1) is 29.4. The third-order valence-corrected chi connectivity index (χ3v) is 8.13. The maximum Gasteiger partial charge on any atom is 0.332 e. The Morgan fingerprint density at radius 2 is 1.74 bits per heavy atom. The van der Waals surface area contributed by atoms with E-state index in [9.17, 15) is 14.4 Å². The Morgan fingerprint density at radius 3 is 2.38 bits per heavy atom. The van der Waals surface area contributed by atoms with Gasteiger partial charge in [-0.3, -0.25) is 14.6 Å². The molecule has 3 aromatic carbocycles. The van der Waals surface area contributed by atoms with Gasteiger partial charge >= 0.3 is 6.03 Å². The first-order chi connectivity index (χ1) is 20.4. The molecular formula is C33H36ClN5O3. The zero-order valence-electron chi connectivity index (χ0n) is 23.8. The Balaban J connectivity index is 1.44. The first-order valence-electron chi connectivity index (χ1n) is 14.3. The van der Waals surface area contributed by atoms with Crippen molar-refractivity contribution in [2.75, 3.05) is 19.6 Å². The lowest BCUT2D eigenvalue weighted by atomic mass is 10.00. The molecule has 5 rings (SSSR count). The van der Waals surface area contributed by atoms with Gasteiger partial charge in [-0.25, -0.2) is 4.79 Å². The van der Waals surface area contributed by atoms with Gasteiger partial charge in [0.05, 0.1) is 13.1 Å². The number of amides is 4. The molecule has 0 bridgehead atoms. The van der Waals surface area contributed by atoms with Crippen LogP contribution in [0.1, 0.15) is 35.6 Å². The monoisotopic (exact) mass is 585 g/mol. The van der Waals surface area contributed by atoms with E-state index in [1.165, 1.54) is 0 Å². The van der Waals surface area contributed by atoms with Gasteiger partial charge in [-0.15, -0.1) is 0 Å². The maximum absolute atomic E-state index is 14.0. The second kappa shape index (κ2) is 13.2. The first-order valence-corrected chi connectivity index (χ1v) is 14.7. The predicted molar refractivity (Wildman–Crippen MR) is 164 cm³/mol. The molecule has 2 saturated heterocycles. The lowest BCUT2D eigenvalue weighted by Crippen LogP contribution is -2.66. The van der Waals surface area contributed by atoms with Crippen LogP contribution < -0.4 is 5.32 Å². The average molecular weight is 586 g/mol. The molecule has 0 spiro atoms. The molecule has 0 radical (unpaired) electrons. The van der Waals surface area contributed by atoms with E-state index in [1.807, 2.05) is 90.8 Å². The number of halogens is 1. The van der Waals surface area contributed by atoms with Crippen molar-refractivity contribution in [2.24, 2.45) is 0 Å². The molecule has 3 aromatic rings.